The molecule has 37 heavy (non-hydrogen) atoms. The fraction of sp³-hybridized carbons (Fsp3) is 0. The van der Waals surface area contributed by atoms with E-state index in [4.69, 9.17) is 0 Å². The molecule has 1 nitrogen and oxygen atoms in total. The van der Waals surface area contributed by atoms with E-state index in [1.165, 1.54) is 40.6 Å². The van der Waals surface area contributed by atoms with Crippen molar-refractivity contribution in [3.8, 4) is 22.3 Å². The first-order valence-electron chi connectivity index (χ1n) is 12.2. The lowest BCUT2D eigenvalue weighted by molar-refractivity contribution is 0.628. The van der Waals surface area contributed by atoms with Crippen LogP contribution in [-0.2, 0) is 0 Å². The zero-order chi connectivity index (χ0) is 25.2. The van der Waals surface area contributed by atoms with Crippen LogP contribution < -0.4 is 4.90 Å². The van der Waals surface area contributed by atoms with Gasteiger partial charge in [-0.05, 0) is 106 Å². The Morgan fingerprint density at radius 2 is 0.757 bits per heavy atom. The number of halogens is 2. The molecular formula is C34H23F2N. The molecule has 6 aromatic carbocycles. The van der Waals surface area contributed by atoms with E-state index >= 15 is 0 Å². The zero-order valence-electron chi connectivity index (χ0n) is 20.0. The second-order valence-electron chi connectivity index (χ2n) is 8.95. The molecule has 0 aromatic heterocycles. The van der Waals surface area contributed by atoms with Gasteiger partial charge in [-0.2, -0.15) is 0 Å². The molecule has 0 saturated heterocycles. The summed E-state index contributed by atoms with van der Waals surface area (Å²) in [5, 5.41) is 2.38. The van der Waals surface area contributed by atoms with Gasteiger partial charge in [0.05, 0.1) is 0 Å². The van der Waals surface area contributed by atoms with Gasteiger partial charge >= 0.3 is 0 Å². The molecule has 178 valence electrons. The van der Waals surface area contributed by atoms with Crippen molar-refractivity contribution in [2.75, 3.05) is 4.90 Å². The molecule has 0 bridgehead atoms. The van der Waals surface area contributed by atoms with E-state index in [0.29, 0.717) is 0 Å². The summed E-state index contributed by atoms with van der Waals surface area (Å²) in [5.41, 5.74) is 7.03. The van der Waals surface area contributed by atoms with Crippen LogP contribution in [0.5, 0.6) is 0 Å². The van der Waals surface area contributed by atoms with Gasteiger partial charge in [0.2, 0.25) is 0 Å². The first-order chi connectivity index (χ1) is 18.2. The molecular weight excluding hydrogens is 460 g/mol. The normalized spacial score (nSPS) is 11.0. The summed E-state index contributed by atoms with van der Waals surface area (Å²) in [6.07, 6.45) is 0. The third-order valence-electron chi connectivity index (χ3n) is 6.58. The van der Waals surface area contributed by atoms with Crippen LogP contribution in [0.1, 0.15) is 0 Å². The van der Waals surface area contributed by atoms with E-state index in [1.807, 2.05) is 23.1 Å². The maximum atomic E-state index is 13.7. The van der Waals surface area contributed by atoms with Gasteiger partial charge in [-0.3, -0.25) is 0 Å². The number of fused-ring (bicyclic) bond motifs is 1. The van der Waals surface area contributed by atoms with Crippen molar-refractivity contribution >= 4 is 27.8 Å². The minimum atomic E-state index is -0.303. The third kappa shape index (κ3) is 4.60. The molecule has 0 radical (unpaired) electrons. The molecule has 0 amide bonds. The molecule has 0 unspecified atom stereocenters. The van der Waals surface area contributed by atoms with Gasteiger partial charge in [0.15, 0.2) is 0 Å². The van der Waals surface area contributed by atoms with Crippen molar-refractivity contribution in [3.63, 3.8) is 0 Å². The highest BCUT2D eigenvalue weighted by atomic mass is 19.1. The fourth-order valence-electron chi connectivity index (χ4n) is 4.75. The molecule has 0 fully saturated rings. The van der Waals surface area contributed by atoms with Crippen LogP contribution in [-0.4, -0.2) is 0 Å². The maximum Gasteiger partial charge on any atom is 0.123 e. The lowest BCUT2D eigenvalue weighted by Gasteiger charge is -2.25. The third-order valence-corrected chi connectivity index (χ3v) is 6.58. The van der Waals surface area contributed by atoms with Gasteiger partial charge in [-0.25, -0.2) is 8.78 Å². The Labute approximate surface area is 214 Å². The molecule has 0 atom stereocenters. The Morgan fingerprint density at radius 3 is 1.22 bits per heavy atom. The van der Waals surface area contributed by atoms with Crippen LogP contribution in [0.25, 0.3) is 33.0 Å². The molecule has 0 N–H and O–H groups in total. The minimum Gasteiger partial charge on any atom is -0.310 e. The molecule has 3 heteroatoms. The molecule has 0 aliphatic heterocycles. The van der Waals surface area contributed by atoms with E-state index in [-0.39, 0.29) is 11.6 Å². The summed E-state index contributed by atoms with van der Waals surface area (Å²) in [6, 6.07) is 44.2. The molecule has 0 aliphatic rings. The average Bonchev–Trinajstić information content (AvgIpc) is 2.95. The van der Waals surface area contributed by atoms with Crippen molar-refractivity contribution in [1.29, 1.82) is 0 Å². The van der Waals surface area contributed by atoms with Crippen molar-refractivity contribution in [3.05, 3.63) is 151 Å². The molecule has 0 saturated carbocycles. The lowest BCUT2D eigenvalue weighted by Crippen LogP contribution is -2.09. The number of nitrogens with zero attached hydrogens (tertiary/aromatic N) is 1. The Bertz CT molecular complexity index is 1610. The van der Waals surface area contributed by atoms with Crippen LogP contribution in [0.4, 0.5) is 25.8 Å². The summed E-state index contributed by atoms with van der Waals surface area (Å²) >= 11 is 0. The number of hydrogen-bond acceptors (Lipinski definition) is 1. The summed E-state index contributed by atoms with van der Waals surface area (Å²) in [4.78, 5) is 1.99. The van der Waals surface area contributed by atoms with Gasteiger partial charge in [0, 0.05) is 17.1 Å². The Morgan fingerprint density at radius 1 is 0.378 bits per heavy atom. The Balaban J connectivity index is 1.47. The monoisotopic (exact) mass is 483 g/mol. The average molecular weight is 484 g/mol. The highest BCUT2D eigenvalue weighted by Gasteiger charge is 2.15. The first-order valence-corrected chi connectivity index (χ1v) is 12.2. The molecule has 6 rings (SSSR count). The van der Waals surface area contributed by atoms with Crippen LogP contribution >= 0.6 is 0 Å². The second-order valence-corrected chi connectivity index (χ2v) is 8.95. The van der Waals surface area contributed by atoms with Crippen LogP contribution in [0.3, 0.4) is 0 Å². The summed E-state index contributed by atoms with van der Waals surface area (Å²) in [6.45, 7) is 0. The van der Waals surface area contributed by atoms with Gasteiger partial charge < -0.3 is 4.90 Å². The van der Waals surface area contributed by atoms with Gasteiger partial charge in [-0.1, -0.05) is 66.7 Å². The van der Waals surface area contributed by atoms with Crippen molar-refractivity contribution in [2.45, 2.75) is 0 Å². The number of benzene rings is 6. The number of anilines is 3. The summed E-state index contributed by atoms with van der Waals surface area (Å²) < 4.78 is 27.3. The minimum absolute atomic E-state index is 0.303. The maximum absolute atomic E-state index is 13.7. The number of hydrogen-bond donors (Lipinski definition) is 0. The molecule has 0 spiro atoms. The molecule has 0 heterocycles. The van der Waals surface area contributed by atoms with Gasteiger partial charge in [-0.15, -0.1) is 0 Å². The standard InChI is InChI=1S/C34H23F2N/c35-28-12-18-31(19-13-28)37(32-20-14-29(36)15-21-32)30-16-10-25(11-17-30)34-23-27-9-5-4-8-26(27)22-33(34)24-6-2-1-3-7-24/h1-23H. The SMILES string of the molecule is Fc1ccc(N(c2ccc(F)cc2)c2ccc(-c3cc4ccccc4cc3-c3ccccc3)cc2)cc1. The highest BCUT2D eigenvalue weighted by Crippen LogP contribution is 2.39. The van der Waals surface area contributed by atoms with E-state index in [1.54, 1.807) is 24.3 Å². The van der Waals surface area contributed by atoms with Gasteiger partial charge in [0.25, 0.3) is 0 Å². The van der Waals surface area contributed by atoms with E-state index in [0.717, 1.165) is 33.8 Å². The Kier molecular flexibility index (Phi) is 5.95. The van der Waals surface area contributed by atoms with Crippen LogP contribution in [0.2, 0.25) is 0 Å². The second kappa shape index (κ2) is 9.71. The topological polar surface area (TPSA) is 3.24 Å². The van der Waals surface area contributed by atoms with E-state index in [2.05, 4.69) is 72.8 Å². The summed E-state index contributed by atoms with van der Waals surface area (Å²) in [5.74, 6) is -0.606. The quantitative estimate of drug-likeness (QED) is 0.236. The van der Waals surface area contributed by atoms with Crippen molar-refractivity contribution in [1.82, 2.24) is 0 Å². The molecule has 0 aliphatic carbocycles. The largest absolute Gasteiger partial charge is 0.310 e. The van der Waals surface area contributed by atoms with Gasteiger partial charge in [0.1, 0.15) is 11.6 Å². The number of rotatable bonds is 5. The van der Waals surface area contributed by atoms with E-state index < -0.39 is 0 Å². The van der Waals surface area contributed by atoms with E-state index in [9.17, 15) is 8.78 Å². The lowest BCUT2D eigenvalue weighted by atomic mass is 9.91. The fourth-order valence-corrected chi connectivity index (χ4v) is 4.75. The van der Waals surface area contributed by atoms with Crippen molar-refractivity contribution in [2.24, 2.45) is 0 Å². The smallest absolute Gasteiger partial charge is 0.123 e. The van der Waals surface area contributed by atoms with Crippen LogP contribution in [0.15, 0.2) is 140 Å². The molecule has 6 aromatic rings. The summed E-state index contributed by atoms with van der Waals surface area (Å²) in [7, 11) is 0. The first kappa shape index (κ1) is 22.7. The highest BCUT2D eigenvalue weighted by molar-refractivity contribution is 5.96. The van der Waals surface area contributed by atoms with Crippen molar-refractivity contribution < 1.29 is 8.78 Å². The Hall–Kier alpha value is -4.76. The predicted molar refractivity (Wildman–Crippen MR) is 149 cm³/mol. The van der Waals surface area contributed by atoms with Crippen LogP contribution in [0, 0.1) is 11.6 Å². The predicted octanol–water partition coefficient (Wildman–Crippen LogP) is 9.92. The zero-order valence-corrected chi connectivity index (χ0v) is 20.0.